The van der Waals surface area contributed by atoms with E-state index in [2.05, 4.69) is 23.7 Å². The van der Waals surface area contributed by atoms with E-state index in [4.69, 9.17) is 14.2 Å². The Kier molecular flexibility index (Phi) is 4.08. The predicted molar refractivity (Wildman–Crippen MR) is 78.6 cm³/mol. The van der Waals surface area contributed by atoms with Crippen molar-refractivity contribution >= 4 is 11.3 Å². The van der Waals surface area contributed by atoms with Crippen LogP contribution in [0.4, 0.5) is 0 Å². The Morgan fingerprint density at radius 2 is 2.15 bits per heavy atom. The average molecular weight is 291 g/mol. The van der Waals surface area contributed by atoms with Crippen molar-refractivity contribution in [1.82, 2.24) is 5.32 Å². The lowest BCUT2D eigenvalue weighted by atomic mass is 10.1. The Morgan fingerprint density at radius 3 is 2.90 bits per heavy atom. The van der Waals surface area contributed by atoms with Gasteiger partial charge in [0.05, 0.1) is 0 Å². The summed E-state index contributed by atoms with van der Waals surface area (Å²) in [6.07, 6.45) is 0. The molecule has 1 aromatic carbocycles. The Labute approximate surface area is 122 Å². The first-order valence-corrected chi connectivity index (χ1v) is 7.53. The maximum Gasteiger partial charge on any atom is 0.231 e. The molecule has 0 spiro atoms. The molecule has 1 aromatic heterocycles. The van der Waals surface area contributed by atoms with Crippen LogP contribution >= 0.6 is 11.3 Å². The van der Waals surface area contributed by atoms with E-state index >= 15 is 0 Å². The Balaban J connectivity index is 1.79. The third-order valence-corrected chi connectivity index (χ3v) is 3.92. The summed E-state index contributed by atoms with van der Waals surface area (Å²) < 4.78 is 16.8. The van der Waals surface area contributed by atoms with Gasteiger partial charge in [0.25, 0.3) is 0 Å². The predicted octanol–water partition coefficient (Wildman–Crippen LogP) is 3.17. The number of ether oxygens (including phenoxy) is 3. The highest BCUT2D eigenvalue weighted by atomic mass is 32.1. The van der Waals surface area contributed by atoms with Crippen LogP contribution < -0.4 is 19.5 Å². The second kappa shape index (κ2) is 6.15. The molecule has 0 unspecified atom stereocenters. The van der Waals surface area contributed by atoms with Gasteiger partial charge < -0.3 is 19.5 Å². The molecule has 0 radical (unpaired) electrons. The number of thiophene rings is 1. The zero-order valence-electron chi connectivity index (χ0n) is 11.3. The molecule has 4 nitrogen and oxygen atoms in total. The van der Waals surface area contributed by atoms with Gasteiger partial charge in [-0.15, -0.1) is 11.3 Å². The Bertz CT molecular complexity index is 569. The number of hydrogen-bond acceptors (Lipinski definition) is 5. The number of rotatable bonds is 6. The van der Waals surface area contributed by atoms with Gasteiger partial charge in [-0.3, -0.25) is 0 Å². The molecule has 5 heteroatoms. The molecule has 2 heterocycles. The molecule has 106 valence electrons. The molecular formula is C15H17NO3S. The summed E-state index contributed by atoms with van der Waals surface area (Å²) in [5.41, 5.74) is 1.09. The van der Waals surface area contributed by atoms with Crippen molar-refractivity contribution in [3.63, 3.8) is 0 Å². The lowest BCUT2D eigenvalue weighted by molar-refractivity contribution is 0.173. The van der Waals surface area contributed by atoms with Crippen LogP contribution in [-0.2, 0) is 13.2 Å². The van der Waals surface area contributed by atoms with Gasteiger partial charge in [0.2, 0.25) is 6.79 Å². The first kappa shape index (κ1) is 13.3. The normalized spacial score (nSPS) is 12.7. The van der Waals surface area contributed by atoms with Crippen LogP contribution in [0.25, 0.3) is 0 Å². The minimum atomic E-state index is 0.282. The van der Waals surface area contributed by atoms with E-state index < -0.39 is 0 Å². The lowest BCUT2D eigenvalue weighted by Gasteiger charge is -2.12. The monoisotopic (exact) mass is 291 g/mol. The van der Waals surface area contributed by atoms with Crippen molar-refractivity contribution in [2.75, 3.05) is 13.3 Å². The van der Waals surface area contributed by atoms with Gasteiger partial charge in [-0.2, -0.15) is 0 Å². The highest BCUT2D eigenvalue weighted by molar-refractivity contribution is 7.09. The van der Waals surface area contributed by atoms with Gasteiger partial charge in [0.15, 0.2) is 11.5 Å². The summed E-state index contributed by atoms with van der Waals surface area (Å²) in [6.45, 7) is 4.62. The Hall–Kier alpha value is -1.72. The quantitative estimate of drug-likeness (QED) is 0.887. The Morgan fingerprint density at radius 1 is 1.30 bits per heavy atom. The van der Waals surface area contributed by atoms with Gasteiger partial charge in [-0.05, 0) is 24.1 Å². The molecule has 0 aliphatic carbocycles. The largest absolute Gasteiger partial charge is 0.488 e. The van der Waals surface area contributed by atoms with E-state index in [9.17, 15) is 0 Å². The third-order valence-electron chi connectivity index (χ3n) is 3.07. The highest BCUT2D eigenvalue weighted by Gasteiger charge is 2.18. The average Bonchev–Trinajstić information content (AvgIpc) is 3.12. The third kappa shape index (κ3) is 2.89. The maximum atomic E-state index is 5.94. The van der Waals surface area contributed by atoms with E-state index in [0.717, 1.165) is 35.9 Å². The molecule has 3 rings (SSSR count). The molecule has 0 amide bonds. The van der Waals surface area contributed by atoms with Crippen LogP contribution in [0.2, 0.25) is 0 Å². The SMILES string of the molecule is CCNCc1cc2c(cc1OCc1cccs1)OCO2. The topological polar surface area (TPSA) is 39.7 Å². The summed E-state index contributed by atoms with van der Waals surface area (Å²) >= 11 is 1.69. The summed E-state index contributed by atoms with van der Waals surface area (Å²) in [7, 11) is 0. The molecule has 20 heavy (non-hydrogen) atoms. The highest BCUT2D eigenvalue weighted by Crippen LogP contribution is 2.38. The first-order valence-electron chi connectivity index (χ1n) is 6.65. The van der Waals surface area contributed by atoms with Crippen LogP contribution in [0.5, 0.6) is 17.2 Å². The first-order chi connectivity index (χ1) is 9.86. The van der Waals surface area contributed by atoms with Crippen LogP contribution in [0, 0.1) is 0 Å². The molecule has 0 saturated carbocycles. The minimum Gasteiger partial charge on any atom is -0.488 e. The number of nitrogens with one attached hydrogen (secondary N) is 1. The molecule has 0 saturated heterocycles. The van der Waals surface area contributed by atoms with Gasteiger partial charge in [-0.1, -0.05) is 13.0 Å². The molecule has 0 fully saturated rings. The molecule has 1 N–H and O–H groups in total. The van der Waals surface area contributed by atoms with Crippen LogP contribution in [-0.4, -0.2) is 13.3 Å². The summed E-state index contributed by atoms with van der Waals surface area (Å²) in [5, 5.41) is 5.37. The summed E-state index contributed by atoms with van der Waals surface area (Å²) in [6, 6.07) is 8.02. The molecule has 1 aliphatic heterocycles. The minimum absolute atomic E-state index is 0.282. The fourth-order valence-corrected chi connectivity index (χ4v) is 2.66. The molecule has 2 aromatic rings. The molecule has 0 bridgehead atoms. The lowest BCUT2D eigenvalue weighted by Crippen LogP contribution is -2.12. The molecule has 1 aliphatic rings. The molecule has 0 atom stereocenters. The zero-order chi connectivity index (χ0) is 13.8. The fourth-order valence-electron chi connectivity index (χ4n) is 2.04. The second-order valence-corrected chi connectivity index (χ2v) is 5.49. The fraction of sp³-hybridized carbons (Fsp3) is 0.333. The number of benzene rings is 1. The van der Waals surface area contributed by atoms with Crippen molar-refractivity contribution in [2.24, 2.45) is 0 Å². The van der Waals surface area contributed by atoms with E-state index in [1.165, 1.54) is 4.88 Å². The van der Waals surface area contributed by atoms with Gasteiger partial charge in [0, 0.05) is 23.1 Å². The van der Waals surface area contributed by atoms with Crippen LogP contribution in [0.15, 0.2) is 29.6 Å². The maximum absolute atomic E-state index is 5.94. The van der Waals surface area contributed by atoms with E-state index in [1.54, 1.807) is 11.3 Å². The van der Waals surface area contributed by atoms with Gasteiger partial charge in [-0.25, -0.2) is 0 Å². The number of hydrogen-bond donors (Lipinski definition) is 1. The van der Waals surface area contributed by atoms with Crippen LogP contribution in [0.1, 0.15) is 17.4 Å². The van der Waals surface area contributed by atoms with E-state index in [1.807, 2.05) is 18.2 Å². The second-order valence-electron chi connectivity index (χ2n) is 4.46. The van der Waals surface area contributed by atoms with E-state index in [-0.39, 0.29) is 6.79 Å². The van der Waals surface area contributed by atoms with Crippen molar-refractivity contribution in [3.05, 3.63) is 40.1 Å². The van der Waals surface area contributed by atoms with Crippen molar-refractivity contribution in [2.45, 2.75) is 20.1 Å². The zero-order valence-corrected chi connectivity index (χ0v) is 12.2. The van der Waals surface area contributed by atoms with E-state index in [0.29, 0.717) is 6.61 Å². The standard InChI is InChI=1S/C15H17NO3S/c1-2-16-8-11-6-14-15(19-10-18-14)7-13(11)17-9-12-4-3-5-20-12/h3-7,16H,2,8-10H2,1H3. The van der Waals surface area contributed by atoms with Crippen molar-refractivity contribution in [1.29, 1.82) is 0 Å². The summed E-state index contributed by atoms with van der Waals surface area (Å²) in [4.78, 5) is 1.21. The number of fused-ring (bicyclic) bond motifs is 1. The van der Waals surface area contributed by atoms with Crippen molar-refractivity contribution < 1.29 is 14.2 Å². The summed E-state index contributed by atoms with van der Waals surface area (Å²) in [5.74, 6) is 2.40. The van der Waals surface area contributed by atoms with Gasteiger partial charge in [0.1, 0.15) is 12.4 Å². The van der Waals surface area contributed by atoms with Crippen molar-refractivity contribution in [3.8, 4) is 17.2 Å². The smallest absolute Gasteiger partial charge is 0.231 e. The molecular weight excluding hydrogens is 274 g/mol. The van der Waals surface area contributed by atoms with Gasteiger partial charge >= 0.3 is 0 Å². The van der Waals surface area contributed by atoms with Crippen LogP contribution in [0.3, 0.4) is 0 Å².